The maximum atomic E-state index is 12.3. The molecule has 2 amide bonds. The fraction of sp³-hybridized carbons (Fsp3) is 0.611. The third kappa shape index (κ3) is 6.07. The van der Waals surface area contributed by atoms with E-state index in [1.165, 1.54) is 12.0 Å². The van der Waals surface area contributed by atoms with E-state index in [1.807, 2.05) is 16.7 Å². The Morgan fingerprint density at radius 1 is 1.30 bits per heavy atom. The molecular formula is C18H29N3OS. The van der Waals surface area contributed by atoms with Gasteiger partial charge in [-0.3, -0.25) is 0 Å². The molecule has 0 radical (unpaired) electrons. The van der Waals surface area contributed by atoms with Crippen molar-refractivity contribution in [2.75, 3.05) is 39.2 Å². The minimum atomic E-state index is 0.0770. The van der Waals surface area contributed by atoms with Gasteiger partial charge in [-0.05, 0) is 56.0 Å². The van der Waals surface area contributed by atoms with E-state index >= 15 is 0 Å². The Morgan fingerprint density at radius 2 is 2.00 bits per heavy atom. The summed E-state index contributed by atoms with van der Waals surface area (Å²) < 4.78 is 0. The molecule has 0 spiro atoms. The Bertz CT molecular complexity index is 488. The molecule has 1 atom stereocenters. The molecule has 5 heteroatoms. The van der Waals surface area contributed by atoms with Crippen LogP contribution in [0.2, 0.25) is 0 Å². The van der Waals surface area contributed by atoms with Gasteiger partial charge >= 0.3 is 6.03 Å². The maximum Gasteiger partial charge on any atom is 0.317 e. The molecule has 1 aliphatic heterocycles. The van der Waals surface area contributed by atoms with Crippen LogP contribution in [-0.2, 0) is 13.1 Å². The van der Waals surface area contributed by atoms with Crippen LogP contribution < -0.4 is 5.32 Å². The van der Waals surface area contributed by atoms with Gasteiger partial charge in [0.25, 0.3) is 0 Å². The molecule has 1 aliphatic rings. The average Bonchev–Trinajstić information content (AvgIpc) is 2.54. The van der Waals surface area contributed by atoms with E-state index in [0.29, 0.717) is 12.5 Å². The smallest absolute Gasteiger partial charge is 0.317 e. The number of benzene rings is 1. The quantitative estimate of drug-likeness (QED) is 0.868. The van der Waals surface area contributed by atoms with Crippen LogP contribution >= 0.6 is 11.8 Å². The van der Waals surface area contributed by atoms with Gasteiger partial charge in [0.15, 0.2) is 0 Å². The number of likely N-dealkylation sites (tertiary alicyclic amines) is 1. The molecule has 1 aromatic rings. The van der Waals surface area contributed by atoms with E-state index < -0.39 is 0 Å². The first-order valence-electron chi connectivity index (χ1n) is 8.32. The molecule has 4 nitrogen and oxygen atoms in total. The topological polar surface area (TPSA) is 35.6 Å². The standard InChI is InChI=1S/C18H29N3OS/c1-20(2)12-16-8-6-15(7-9-16)11-19-18(22)21-10-4-5-17(13-21)14-23-3/h6-9,17H,4-5,10-14H2,1-3H3,(H,19,22)/t17-/m1/s1. The zero-order chi connectivity index (χ0) is 16.7. The number of thioether (sulfide) groups is 1. The van der Waals surface area contributed by atoms with Crippen molar-refractivity contribution in [3.8, 4) is 0 Å². The zero-order valence-electron chi connectivity index (χ0n) is 14.5. The predicted octanol–water partition coefficient (Wildman–Crippen LogP) is 3.03. The number of urea groups is 1. The van der Waals surface area contributed by atoms with Crippen LogP contribution in [0.3, 0.4) is 0 Å². The van der Waals surface area contributed by atoms with E-state index in [9.17, 15) is 4.79 Å². The Labute approximate surface area is 144 Å². The summed E-state index contributed by atoms with van der Waals surface area (Å²) in [5.41, 5.74) is 2.44. The summed E-state index contributed by atoms with van der Waals surface area (Å²) in [6.45, 7) is 3.33. The largest absolute Gasteiger partial charge is 0.334 e. The van der Waals surface area contributed by atoms with Gasteiger partial charge in [-0.15, -0.1) is 0 Å². The average molecular weight is 336 g/mol. The fourth-order valence-corrected chi connectivity index (χ4v) is 3.78. The highest BCUT2D eigenvalue weighted by atomic mass is 32.2. The van der Waals surface area contributed by atoms with Gasteiger partial charge in [-0.2, -0.15) is 11.8 Å². The molecule has 1 N–H and O–H groups in total. The zero-order valence-corrected chi connectivity index (χ0v) is 15.4. The third-order valence-electron chi connectivity index (χ3n) is 4.17. The van der Waals surface area contributed by atoms with Crippen LogP contribution in [0.15, 0.2) is 24.3 Å². The SMILES string of the molecule is CSC[C@@H]1CCCN(C(=O)NCc2ccc(CN(C)C)cc2)C1. The van der Waals surface area contributed by atoms with Crippen LogP contribution in [0.4, 0.5) is 4.79 Å². The monoisotopic (exact) mass is 335 g/mol. The molecule has 0 unspecified atom stereocenters. The van der Waals surface area contributed by atoms with Crippen molar-refractivity contribution in [1.82, 2.24) is 15.1 Å². The second-order valence-corrected chi connectivity index (χ2v) is 7.53. The minimum absolute atomic E-state index is 0.0770. The number of piperidine rings is 1. The molecular weight excluding hydrogens is 306 g/mol. The summed E-state index contributed by atoms with van der Waals surface area (Å²) in [4.78, 5) is 16.5. The number of carbonyl (C=O) groups excluding carboxylic acids is 1. The molecule has 0 bridgehead atoms. The second-order valence-electron chi connectivity index (χ2n) is 6.62. The highest BCUT2D eigenvalue weighted by molar-refractivity contribution is 7.98. The Kier molecular flexibility index (Phi) is 7.24. The van der Waals surface area contributed by atoms with E-state index in [1.54, 1.807) is 0 Å². The van der Waals surface area contributed by atoms with E-state index in [-0.39, 0.29) is 6.03 Å². The van der Waals surface area contributed by atoms with Crippen LogP contribution in [0.5, 0.6) is 0 Å². The number of carbonyl (C=O) groups is 1. The number of nitrogens with zero attached hydrogens (tertiary/aromatic N) is 2. The molecule has 128 valence electrons. The lowest BCUT2D eigenvalue weighted by Gasteiger charge is -2.32. The molecule has 0 aromatic heterocycles. The van der Waals surface area contributed by atoms with Gasteiger partial charge in [0, 0.05) is 26.2 Å². The van der Waals surface area contributed by atoms with Crippen LogP contribution in [0.1, 0.15) is 24.0 Å². The third-order valence-corrected chi connectivity index (χ3v) is 4.98. The first-order valence-corrected chi connectivity index (χ1v) is 9.72. The predicted molar refractivity (Wildman–Crippen MR) is 98.7 cm³/mol. The molecule has 23 heavy (non-hydrogen) atoms. The van der Waals surface area contributed by atoms with Crippen LogP contribution in [0.25, 0.3) is 0 Å². The Balaban J connectivity index is 1.79. The second kappa shape index (κ2) is 9.18. The molecule has 1 heterocycles. The van der Waals surface area contributed by atoms with Gasteiger partial charge in [0.1, 0.15) is 0 Å². The lowest BCUT2D eigenvalue weighted by molar-refractivity contribution is 0.170. The minimum Gasteiger partial charge on any atom is -0.334 e. The summed E-state index contributed by atoms with van der Waals surface area (Å²) in [6.07, 6.45) is 4.51. The van der Waals surface area contributed by atoms with Gasteiger partial charge in [-0.25, -0.2) is 4.79 Å². The summed E-state index contributed by atoms with van der Waals surface area (Å²) in [7, 11) is 4.13. The number of rotatable bonds is 6. The number of hydrogen-bond donors (Lipinski definition) is 1. The van der Waals surface area contributed by atoms with Crippen molar-refractivity contribution in [2.45, 2.75) is 25.9 Å². The van der Waals surface area contributed by atoms with Crippen LogP contribution in [0, 0.1) is 5.92 Å². The highest BCUT2D eigenvalue weighted by Gasteiger charge is 2.22. The van der Waals surface area contributed by atoms with Crippen molar-refractivity contribution in [3.05, 3.63) is 35.4 Å². The first-order chi connectivity index (χ1) is 11.1. The number of hydrogen-bond acceptors (Lipinski definition) is 3. The Hall–Kier alpha value is -1.20. The number of nitrogens with one attached hydrogen (secondary N) is 1. The van der Waals surface area contributed by atoms with Crippen molar-refractivity contribution in [3.63, 3.8) is 0 Å². The Morgan fingerprint density at radius 3 is 2.65 bits per heavy atom. The molecule has 1 fully saturated rings. The molecule has 2 rings (SSSR count). The lowest BCUT2D eigenvalue weighted by atomic mass is 10.0. The van der Waals surface area contributed by atoms with Gasteiger partial charge in [-0.1, -0.05) is 24.3 Å². The summed E-state index contributed by atoms with van der Waals surface area (Å²) in [6, 6.07) is 8.55. The highest BCUT2D eigenvalue weighted by Crippen LogP contribution is 2.19. The van der Waals surface area contributed by atoms with Gasteiger partial charge < -0.3 is 15.1 Å². The van der Waals surface area contributed by atoms with Crippen molar-refractivity contribution >= 4 is 17.8 Å². The number of amides is 2. The van der Waals surface area contributed by atoms with Crippen molar-refractivity contribution in [2.24, 2.45) is 5.92 Å². The normalized spacial score (nSPS) is 18.3. The molecule has 0 saturated carbocycles. The summed E-state index contributed by atoms with van der Waals surface area (Å²) in [5.74, 6) is 1.80. The van der Waals surface area contributed by atoms with E-state index in [4.69, 9.17) is 0 Å². The molecule has 1 aromatic carbocycles. The first kappa shape index (κ1) is 18.1. The van der Waals surface area contributed by atoms with Crippen molar-refractivity contribution in [1.29, 1.82) is 0 Å². The maximum absolute atomic E-state index is 12.3. The lowest BCUT2D eigenvalue weighted by Crippen LogP contribution is -2.45. The summed E-state index contributed by atoms with van der Waals surface area (Å²) in [5, 5.41) is 3.06. The van der Waals surface area contributed by atoms with E-state index in [0.717, 1.165) is 37.4 Å². The van der Waals surface area contributed by atoms with Crippen molar-refractivity contribution < 1.29 is 4.79 Å². The van der Waals surface area contributed by atoms with E-state index in [2.05, 4.69) is 54.8 Å². The molecule has 1 saturated heterocycles. The van der Waals surface area contributed by atoms with Crippen LogP contribution in [-0.4, -0.2) is 55.0 Å². The van der Waals surface area contributed by atoms with Gasteiger partial charge in [0.05, 0.1) is 0 Å². The fourth-order valence-electron chi connectivity index (χ4n) is 3.04. The van der Waals surface area contributed by atoms with Gasteiger partial charge in [0.2, 0.25) is 0 Å². The summed E-state index contributed by atoms with van der Waals surface area (Å²) >= 11 is 1.88. The molecule has 0 aliphatic carbocycles.